The van der Waals surface area contributed by atoms with Crippen molar-refractivity contribution in [3.05, 3.63) is 23.8 Å². The van der Waals surface area contributed by atoms with Gasteiger partial charge in [-0.2, -0.15) is 0 Å². The summed E-state index contributed by atoms with van der Waals surface area (Å²) in [5.41, 5.74) is 1.72. The van der Waals surface area contributed by atoms with E-state index in [1.165, 1.54) is 0 Å². The van der Waals surface area contributed by atoms with Crippen LogP contribution < -0.4 is 9.64 Å². The molecular formula is C16H25NO3. The molecule has 0 saturated heterocycles. The molecule has 1 aliphatic rings. The Morgan fingerprint density at radius 3 is 2.60 bits per heavy atom. The summed E-state index contributed by atoms with van der Waals surface area (Å²) in [5, 5.41) is 20.3. The van der Waals surface area contributed by atoms with Gasteiger partial charge in [0.25, 0.3) is 0 Å². The third kappa shape index (κ3) is 2.91. The van der Waals surface area contributed by atoms with E-state index in [4.69, 9.17) is 4.74 Å². The number of aliphatic hydroxyl groups excluding tert-OH is 2. The van der Waals surface area contributed by atoms with Crippen LogP contribution in [0.15, 0.2) is 18.2 Å². The van der Waals surface area contributed by atoms with Gasteiger partial charge in [0.05, 0.1) is 25.4 Å². The SMILES string of the molecule is COc1cccc(N(C)C2CCCCC2O)c1C(C)O. The standard InChI is InChI=1S/C16H25NO3/c1-11(18)16-13(8-6-10-15(16)20-3)17(2)12-7-4-5-9-14(12)19/h6,8,10-12,14,18-19H,4-5,7,9H2,1-3H3. The van der Waals surface area contributed by atoms with Crippen LogP contribution in [-0.4, -0.2) is 36.5 Å². The lowest BCUT2D eigenvalue weighted by Gasteiger charge is -2.38. The number of rotatable bonds is 4. The van der Waals surface area contributed by atoms with Crippen LogP contribution in [0.25, 0.3) is 0 Å². The van der Waals surface area contributed by atoms with Crippen molar-refractivity contribution < 1.29 is 14.9 Å². The van der Waals surface area contributed by atoms with Crippen LogP contribution in [0, 0.1) is 0 Å². The third-order valence-corrected chi connectivity index (χ3v) is 4.25. The minimum atomic E-state index is -0.607. The number of hydrogen-bond donors (Lipinski definition) is 2. The van der Waals surface area contributed by atoms with Crippen LogP contribution in [0.3, 0.4) is 0 Å². The Hall–Kier alpha value is -1.26. The maximum absolute atomic E-state index is 10.2. The molecule has 4 heteroatoms. The van der Waals surface area contributed by atoms with Crippen LogP contribution in [-0.2, 0) is 0 Å². The fraction of sp³-hybridized carbons (Fsp3) is 0.625. The minimum absolute atomic E-state index is 0.105. The highest BCUT2D eigenvalue weighted by atomic mass is 16.5. The molecule has 112 valence electrons. The average Bonchev–Trinajstić information content (AvgIpc) is 2.46. The molecule has 1 aromatic rings. The first-order valence-electron chi connectivity index (χ1n) is 7.32. The molecule has 0 amide bonds. The van der Waals surface area contributed by atoms with Gasteiger partial charge in [-0.05, 0) is 31.9 Å². The molecule has 4 nitrogen and oxygen atoms in total. The van der Waals surface area contributed by atoms with E-state index in [1.54, 1.807) is 14.0 Å². The van der Waals surface area contributed by atoms with Crippen LogP contribution >= 0.6 is 0 Å². The van der Waals surface area contributed by atoms with Crippen LogP contribution in [0.5, 0.6) is 5.75 Å². The Bertz CT molecular complexity index is 447. The van der Waals surface area contributed by atoms with Gasteiger partial charge in [0.2, 0.25) is 0 Å². The van der Waals surface area contributed by atoms with Crippen molar-refractivity contribution in [2.75, 3.05) is 19.1 Å². The Morgan fingerprint density at radius 1 is 1.30 bits per heavy atom. The molecule has 0 spiro atoms. The summed E-state index contributed by atoms with van der Waals surface area (Å²) < 4.78 is 5.36. The number of aliphatic hydroxyl groups is 2. The molecule has 1 fully saturated rings. The van der Waals surface area contributed by atoms with E-state index >= 15 is 0 Å². The molecule has 1 saturated carbocycles. The highest BCUT2D eigenvalue weighted by Gasteiger charge is 2.29. The summed E-state index contributed by atoms with van der Waals surface area (Å²) in [5.74, 6) is 0.689. The fourth-order valence-electron chi connectivity index (χ4n) is 3.16. The molecule has 0 radical (unpaired) electrons. The molecule has 20 heavy (non-hydrogen) atoms. The molecule has 2 rings (SSSR count). The second kappa shape index (κ2) is 6.46. The number of anilines is 1. The number of ether oxygens (including phenoxy) is 1. The monoisotopic (exact) mass is 279 g/mol. The number of likely N-dealkylation sites (N-methyl/N-ethyl adjacent to an activating group) is 1. The van der Waals surface area contributed by atoms with E-state index in [-0.39, 0.29) is 12.1 Å². The smallest absolute Gasteiger partial charge is 0.126 e. The molecule has 3 atom stereocenters. The summed E-state index contributed by atoms with van der Waals surface area (Å²) in [4.78, 5) is 2.09. The van der Waals surface area contributed by atoms with Crippen molar-refractivity contribution in [3.63, 3.8) is 0 Å². The fourth-order valence-corrected chi connectivity index (χ4v) is 3.16. The second-order valence-corrected chi connectivity index (χ2v) is 5.60. The van der Waals surface area contributed by atoms with Crippen molar-refractivity contribution in [1.82, 2.24) is 0 Å². The van der Waals surface area contributed by atoms with Crippen molar-refractivity contribution in [3.8, 4) is 5.75 Å². The predicted molar refractivity (Wildman–Crippen MR) is 80.3 cm³/mol. The van der Waals surface area contributed by atoms with E-state index in [1.807, 2.05) is 25.2 Å². The normalized spacial score (nSPS) is 24.2. The number of nitrogens with zero attached hydrogens (tertiary/aromatic N) is 1. The predicted octanol–water partition coefficient (Wildman–Crippen LogP) is 2.49. The lowest BCUT2D eigenvalue weighted by molar-refractivity contribution is 0.106. The van der Waals surface area contributed by atoms with Gasteiger partial charge in [0, 0.05) is 18.3 Å². The Kier molecular flexibility index (Phi) is 4.89. The molecule has 3 unspecified atom stereocenters. The topological polar surface area (TPSA) is 52.9 Å². The molecular weight excluding hydrogens is 254 g/mol. The van der Waals surface area contributed by atoms with E-state index in [0.29, 0.717) is 5.75 Å². The van der Waals surface area contributed by atoms with E-state index < -0.39 is 6.10 Å². The van der Waals surface area contributed by atoms with E-state index in [0.717, 1.165) is 36.9 Å². The van der Waals surface area contributed by atoms with Gasteiger partial charge in [-0.25, -0.2) is 0 Å². The third-order valence-electron chi connectivity index (χ3n) is 4.25. The van der Waals surface area contributed by atoms with Gasteiger partial charge < -0.3 is 19.8 Å². The number of benzene rings is 1. The highest BCUT2D eigenvalue weighted by molar-refractivity contribution is 5.60. The van der Waals surface area contributed by atoms with Gasteiger partial charge in [-0.15, -0.1) is 0 Å². The molecule has 1 aromatic carbocycles. The zero-order chi connectivity index (χ0) is 14.7. The molecule has 1 aliphatic carbocycles. The number of methoxy groups -OCH3 is 1. The molecule has 0 bridgehead atoms. The summed E-state index contributed by atoms with van der Waals surface area (Å²) >= 11 is 0. The minimum Gasteiger partial charge on any atom is -0.496 e. The summed E-state index contributed by atoms with van der Waals surface area (Å²) in [6.07, 6.45) is 3.15. The quantitative estimate of drug-likeness (QED) is 0.889. The van der Waals surface area contributed by atoms with Crippen LogP contribution in [0.2, 0.25) is 0 Å². The van der Waals surface area contributed by atoms with Crippen molar-refractivity contribution in [2.45, 2.75) is 50.9 Å². The lowest BCUT2D eigenvalue weighted by Crippen LogP contribution is -2.43. The molecule has 0 aromatic heterocycles. The van der Waals surface area contributed by atoms with Crippen molar-refractivity contribution in [2.24, 2.45) is 0 Å². The Morgan fingerprint density at radius 2 is 2.00 bits per heavy atom. The summed E-state index contributed by atoms with van der Waals surface area (Å²) in [6.45, 7) is 1.74. The number of hydrogen-bond acceptors (Lipinski definition) is 4. The first-order chi connectivity index (χ1) is 9.56. The second-order valence-electron chi connectivity index (χ2n) is 5.60. The van der Waals surface area contributed by atoms with Gasteiger partial charge in [0.15, 0.2) is 0 Å². The largest absolute Gasteiger partial charge is 0.496 e. The van der Waals surface area contributed by atoms with Crippen molar-refractivity contribution in [1.29, 1.82) is 0 Å². The van der Waals surface area contributed by atoms with Crippen LogP contribution in [0.4, 0.5) is 5.69 Å². The van der Waals surface area contributed by atoms with E-state index in [9.17, 15) is 10.2 Å². The zero-order valence-corrected chi connectivity index (χ0v) is 12.5. The Labute approximate surface area is 121 Å². The maximum atomic E-state index is 10.2. The molecule has 0 aliphatic heterocycles. The zero-order valence-electron chi connectivity index (χ0n) is 12.5. The summed E-state index contributed by atoms with van der Waals surface area (Å²) in [7, 11) is 3.60. The maximum Gasteiger partial charge on any atom is 0.126 e. The van der Waals surface area contributed by atoms with E-state index in [2.05, 4.69) is 4.90 Å². The first-order valence-corrected chi connectivity index (χ1v) is 7.32. The highest BCUT2D eigenvalue weighted by Crippen LogP contribution is 2.36. The van der Waals surface area contributed by atoms with Crippen LogP contribution in [0.1, 0.15) is 44.3 Å². The molecule has 2 N–H and O–H groups in total. The van der Waals surface area contributed by atoms with Gasteiger partial charge in [0.1, 0.15) is 5.75 Å². The first kappa shape index (κ1) is 15.1. The lowest BCUT2D eigenvalue weighted by atomic mass is 9.90. The average molecular weight is 279 g/mol. The summed E-state index contributed by atoms with van der Waals surface area (Å²) in [6, 6.07) is 5.86. The van der Waals surface area contributed by atoms with Gasteiger partial charge in [-0.1, -0.05) is 18.9 Å². The Balaban J connectivity index is 2.35. The van der Waals surface area contributed by atoms with Crippen molar-refractivity contribution >= 4 is 5.69 Å². The van der Waals surface area contributed by atoms with Gasteiger partial charge >= 0.3 is 0 Å². The molecule has 0 heterocycles. The van der Waals surface area contributed by atoms with Gasteiger partial charge in [-0.3, -0.25) is 0 Å².